The van der Waals surface area contributed by atoms with E-state index in [1.165, 1.54) is 31.2 Å². The van der Waals surface area contributed by atoms with Crippen LogP contribution in [0.1, 0.15) is 17.6 Å². The Kier molecular flexibility index (Phi) is 4.61. The third-order valence-corrected chi connectivity index (χ3v) is 6.37. The molecule has 1 aliphatic carbocycles. The van der Waals surface area contributed by atoms with Crippen LogP contribution in [0.3, 0.4) is 0 Å². The van der Waals surface area contributed by atoms with E-state index in [2.05, 4.69) is 15.8 Å². The van der Waals surface area contributed by atoms with Gasteiger partial charge in [0.1, 0.15) is 0 Å². The molecule has 144 valence electrons. The third-order valence-electron chi connectivity index (χ3n) is 3.59. The van der Waals surface area contributed by atoms with E-state index in [1.807, 2.05) is 0 Å². The molecule has 0 N–H and O–H groups in total. The summed E-state index contributed by atoms with van der Waals surface area (Å²) in [5, 5.41) is 1.82. The van der Waals surface area contributed by atoms with Gasteiger partial charge < -0.3 is 0 Å². The molecule has 12 heteroatoms. The number of allylic oxidation sites excluding steroid dienone is 4. The lowest BCUT2D eigenvalue weighted by atomic mass is 10.2. The molecule has 1 aliphatic rings. The van der Waals surface area contributed by atoms with Gasteiger partial charge in [-0.1, -0.05) is 24.3 Å². The number of hydrogen-bond donors (Lipinski definition) is 0. The topological polar surface area (TPSA) is 64.3 Å². The predicted molar refractivity (Wildman–Crippen MR) is 89.0 cm³/mol. The molecule has 0 aromatic carbocycles. The van der Waals surface area contributed by atoms with Crippen molar-refractivity contribution in [3.63, 3.8) is 0 Å². The van der Waals surface area contributed by atoms with Gasteiger partial charge in [0.25, 0.3) is 0 Å². The Morgan fingerprint density at radius 2 is 1.96 bits per heavy atom. The van der Waals surface area contributed by atoms with Crippen LogP contribution in [0.2, 0.25) is 0 Å². The fourth-order valence-corrected chi connectivity index (χ4v) is 4.16. The zero-order valence-electron chi connectivity index (χ0n) is 13.5. The molecule has 0 saturated heterocycles. The first-order valence-electron chi connectivity index (χ1n) is 7.35. The lowest BCUT2D eigenvalue weighted by molar-refractivity contribution is -0.289. The minimum absolute atomic E-state index is 0.0575. The van der Waals surface area contributed by atoms with Gasteiger partial charge in [0.05, 0.1) is 22.5 Å². The molecule has 2 aromatic rings. The van der Waals surface area contributed by atoms with Gasteiger partial charge in [-0.15, -0.1) is 5.73 Å². The van der Waals surface area contributed by atoms with Crippen molar-refractivity contribution in [3.05, 3.63) is 51.8 Å². The minimum atomic E-state index is -5.78. The Morgan fingerprint density at radius 1 is 1.26 bits per heavy atom. The summed E-state index contributed by atoms with van der Waals surface area (Å²) in [7, 11) is -3.65. The first-order chi connectivity index (χ1) is 12.5. The summed E-state index contributed by atoms with van der Waals surface area (Å²) in [5.74, 6) is -5.30. The van der Waals surface area contributed by atoms with Crippen LogP contribution in [-0.4, -0.2) is 34.9 Å². The Balaban J connectivity index is 2.14. The van der Waals surface area contributed by atoms with Crippen LogP contribution >= 0.6 is 11.3 Å². The van der Waals surface area contributed by atoms with Crippen LogP contribution in [0, 0.1) is 0 Å². The highest BCUT2D eigenvalue weighted by Crippen LogP contribution is 2.45. The van der Waals surface area contributed by atoms with Crippen LogP contribution in [-0.2, 0) is 15.8 Å². The van der Waals surface area contributed by atoms with Gasteiger partial charge >= 0.3 is 12.1 Å². The highest BCUT2D eigenvalue weighted by molar-refractivity contribution is 7.95. The van der Waals surface area contributed by atoms with Gasteiger partial charge in [0.2, 0.25) is 4.96 Å². The zero-order chi connectivity index (χ0) is 20.0. The van der Waals surface area contributed by atoms with E-state index in [0.29, 0.717) is 0 Å². The maximum Gasteiger partial charge on any atom is 0.460 e. The molecule has 2 heterocycles. The van der Waals surface area contributed by atoms with Crippen molar-refractivity contribution in [1.29, 1.82) is 0 Å². The summed E-state index contributed by atoms with van der Waals surface area (Å²) in [6, 6.07) is 0. The van der Waals surface area contributed by atoms with E-state index in [9.17, 15) is 30.4 Å². The number of rotatable bonds is 4. The highest BCUT2D eigenvalue weighted by Gasteiger charge is 2.61. The van der Waals surface area contributed by atoms with Gasteiger partial charge in [0.15, 0.2) is 14.8 Å². The van der Waals surface area contributed by atoms with E-state index < -0.39 is 26.9 Å². The maximum absolute atomic E-state index is 13.4. The Bertz CT molecular complexity index is 1100. The highest BCUT2D eigenvalue weighted by atomic mass is 32.2. The summed E-state index contributed by atoms with van der Waals surface area (Å²) in [6.45, 7) is 1.45. The van der Waals surface area contributed by atoms with Crippen molar-refractivity contribution >= 4 is 31.7 Å². The molecule has 2 aromatic heterocycles. The summed E-state index contributed by atoms with van der Waals surface area (Å²) in [5.41, 5.74) is 2.93. The first kappa shape index (κ1) is 19.5. The molecule has 0 saturated carbocycles. The summed E-state index contributed by atoms with van der Waals surface area (Å²) in [6.07, 6.45) is 0.937. The molecule has 0 bridgehead atoms. The monoisotopic (exact) mass is 423 g/mol. The normalized spacial score (nSPS) is 15.8. The van der Waals surface area contributed by atoms with Gasteiger partial charge in [-0.25, -0.2) is 17.9 Å². The van der Waals surface area contributed by atoms with Crippen molar-refractivity contribution in [2.75, 3.05) is 5.75 Å². The van der Waals surface area contributed by atoms with Crippen molar-refractivity contribution in [2.45, 2.75) is 19.0 Å². The number of alkyl halides is 5. The van der Waals surface area contributed by atoms with Crippen LogP contribution in [0.4, 0.5) is 22.0 Å². The largest absolute Gasteiger partial charge is 0.460 e. The van der Waals surface area contributed by atoms with Crippen molar-refractivity contribution in [3.8, 4) is 0 Å². The van der Waals surface area contributed by atoms with Crippen LogP contribution < -0.4 is 0 Å². The number of aromatic nitrogens is 3. The van der Waals surface area contributed by atoms with Crippen molar-refractivity contribution < 1.29 is 30.4 Å². The molecular formula is C15H10F5N3O2S2. The molecule has 27 heavy (non-hydrogen) atoms. The van der Waals surface area contributed by atoms with Crippen LogP contribution in [0.25, 0.3) is 10.5 Å². The maximum atomic E-state index is 13.4. The second kappa shape index (κ2) is 6.39. The molecule has 3 rings (SSSR count). The number of sulfone groups is 1. The van der Waals surface area contributed by atoms with Crippen molar-refractivity contribution in [2.24, 2.45) is 0 Å². The van der Waals surface area contributed by atoms with Crippen LogP contribution in [0.15, 0.2) is 41.1 Å². The van der Waals surface area contributed by atoms with E-state index in [0.717, 1.165) is 10.7 Å². The molecule has 0 unspecified atom stereocenters. The second-order valence-electron chi connectivity index (χ2n) is 5.35. The Morgan fingerprint density at radius 3 is 2.56 bits per heavy atom. The lowest BCUT2D eigenvalue weighted by Crippen LogP contribution is -2.33. The molecule has 0 aliphatic heterocycles. The van der Waals surface area contributed by atoms with Gasteiger partial charge in [0, 0.05) is 5.57 Å². The van der Waals surface area contributed by atoms with Gasteiger partial charge in [-0.05, 0) is 18.2 Å². The lowest BCUT2D eigenvalue weighted by Gasteiger charge is -2.15. The smallest absolute Gasteiger partial charge is 0.224 e. The SMILES string of the molecule is CCS(=O)(=O)C1=C(c2cn3nc(C(F)(F)C(F)(F)F)sc3n2)C=C=CC=C1. The second-order valence-corrected chi connectivity index (χ2v) is 8.55. The number of hydrogen-bond acceptors (Lipinski definition) is 5. The standard InChI is InChI=1S/C15H10F5N3O2S2/c1-2-27(24,25)11-7-5-3-4-6-9(11)10-8-23-13(21-10)26-12(22-23)14(16,17)15(18,19)20/h3,5-8H,2H2,1H3. The third kappa shape index (κ3) is 3.35. The molecule has 0 spiro atoms. The Labute approximate surface area is 153 Å². The first-order valence-corrected chi connectivity index (χ1v) is 9.82. The zero-order valence-corrected chi connectivity index (χ0v) is 15.1. The predicted octanol–water partition coefficient (Wildman–Crippen LogP) is 3.87. The molecular weight excluding hydrogens is 413 g/mol. The molecule has 0 radical (unpaired) electrons. The van der Waals surface area contributed by atoms with Gasteiger partial charge in [-0.3, -0.25) is 0 Å². The van der Waals surface area contributed by atoms with Crippen molar-refractivity contribution in [1.82, 2.24) is 14.6 Å². The Hall–Kier alpha value is -2.30. The minimum Gasteiger partial charge on any atom is -0.224 e. The molecule has 5 nitrogen and oxygen atoms in total. The molecule has 0 atom stereocenters. The molecule has 0 fully saturated rings. The quantitative estimate of drug-likeness (QED) is 0.553. The number of halogens is 5. The molecule has 0 amide bonds. The summed E-state index contributed by atoms with van der Waals surface area (Å²) >= 11 is 0.0742. The van der Waals surface area contributed by atoms with Gasteiger partial charge in [-0.2, -0.15) is 27.1 Å². The summed E-state index contributed by atoms with van der Waals surface area (Å²) < 4.78 is 89.6. The average Bonchev–Trinajstić information content (AvgIpc) is 3.03. The summed E-state index contributed by atoms with van der Waals surface area (Å²) in [4.78, 5) is 3.69. The fraction of sp³-hybridized carbons (Fsp3) is 0.267. The van der Waals surface area contributed by atoms with Crippen LogP contribution in [0.5, 0.6) is 0 Å². The number of nitrogens with zero attached hydrogens (tertiary/aromatic N) is 3. The number of imidazole rings is 1. The average molecular weight is 423 g/mol. The number of fused-ring (bicyclic) bond motifs is 1. The van der Waals surface area contributed by atoms with E-state index >= 15 is 0 Å². The fourth-order valence-electron chi connectivity index (χ4n) is 2.19. The van der Waals surface area contributed by atoms with E-state index in [-0.39, 0.29) is 38.2 Å². The van der Waals surface area contributed by atoms with E-state index in [4.69, 9.17) is 0 Å². The van der Waals surface area contributed by atoms with E-state index in [1.54, 1.807) is 0 Å².